The molecule has 1 N–H and O–H groups in total. The zero-order chi connectivity index (χ0) is 12.6. The quantitative estimate of drug-likeness (QED) is 0.518. The van der Waals surface area contributed by atoms with Crippen molar-refractivity contribution in [3.63, 3.8) is 0 Å². The smallest absolute Gasteiger partial charge is 0.311 e. The van der Waals surface area contributed by atoms with Gasteiger partial charge in [-0.3, -0.25) is 9.59 Å². The number of carbonyl (C=O) groups is 2. The number of hydrogen-bond donors (Lipinski definition) is 1. The average Bonchev–Trinajstić information content (AvgIpc) is 2.31. The predicted octanol–water partition coefficient (Wildman–Crippen LogP) is -0.366. The highest BCUT2D eigenvalue weighted by molar-refractivity contribution is 6.35. The van der Waals surface area contributed by atoms with Crippen LogP contribution in [0.2, 0.25) is 0 Å². The summed E-state index contributed by atoms with van der Waals surface area (Å²) in [6.45, 7) is 3.76. The molecule has 6 heteroatoms. The first-order valence-electron chi connectivity index (χ1n) is 4.90. The molecule has 0 spiro atoms. The second-order valence-electron chi connectivity index (χ2n) is 3.21. The Morgan fingerprint density at radius 3 is 2.50 bits per heavy atom. The van der Waals surface area contributed by atoms with Crippen molar-refractivity contribution >= 4 is 11.8 Å². The van der Waals surface area contributed by atoms with Gasteiger partial charge in [0.25, 0.3) is 0 Å². The van der Waals surface area contributed by atoms with Gasteiger partial charge in [-0.25, -0.2) is 0 Å². The molecule has 0 aliphatic rings. The van der Waals surface area contributed by atoms with Gasteiger partial charge >= 0.3 is 11.8 Å². The Kier molecular flexibility index (Phi) is 6.30. The molecule has 0 aliphatic heterocycles. The summed E-state index contributed by atoms with van der Waals surface area (Å²) in [4.78, 5) is 24.0. The van der Waals surface area contributed by atoms with Crippen molar-refractivity contribution in [2.75, 3.05) is 19.6 Å². The highest BCUT2D eigenvalue weighted by atomic mass is 16.2. The normalized spacial score (nSPS) is 10.8. The maximum absolute atomic E-state index is 11.5. The van der Waals surface area contributed by atoms with Gasteiger partial charge in [0.15, 0.2) is 0 Å². The van der Waals surface area contributed by atoms with Gasteiger partial charge in [0.05, 0.1) is 18.1 Å². The summed E-state index contributed by atoms with van der Waals surface area (Å²) in [5.74, 6) is -1.85. The summed E-state index contributed by atoms with van der Waals surface area (Å²) >= 11 is 0. The van der Waals surface area contributed by atoms with Gasteiger partial charge in [-0.1, -0.05) is 0 Å². The number of nitriles is 2. The number of carbonyl (C=O) groups excluding carboxylic acids is 2. The monoisotopic (exact) mass is 222 g/mol. The molecule has 0 rings (SSSR count). The molecular formula is C10H14N4O2. The van der Waals surface area contributed by atoms with E-state index in [9.17, 15) is 9.59 Å². The first-order valence-corrected chi connectivity index (χ1v) is 4.90. The van der Waals surface area contributed by atoms with Crippen LogP contribution in [0, 0.1) is 28.6 Å². The third-order valence-corrected chi connectivity index (χ3v) is 1.91. The number of amides is 2. The van der Waals surface area contributed by atoms with Gasteiger partial charge in [-0.2, -0.15) is 10.5 Å². The molecule has 0 saturated heterocycles. The minimum absolute atomic E-state index is 0.198. The van der Waals surface area contributed by atoms with Crippen LogP contribution in [0.1, 0.15) is 13.8 Å². The lowest BCUT2D eigenvalue weighted by Gasteiger charge is -2.20. The van der Waals surface area contributed by atoms with Gasteiger partial charge < -0.3 is 10.2 Å². The van der Waals surface area contributed by atoms with Crippen molar-refractivity contribution in [1.82, 2.24) is 10.2 Å². The lowest BCUT2D eigenvalue weighted by Crippen LogP contribution is -2.44. The highest BCUT2D eigenvalue weighted by Gasteiger charge is 2.21. The maximum atomic E-state index is 11.5. The predicted molar refractivity (Wildman–Crippen MR) is 55.7 cm³/mol. The van der Waals surface area contributed by atoms with Gasteiger partial charge in [0.1, 0.15) is 6.54 Å². The summed E-state index contributed by atoms with van der Waals surface area (Å²) in [5.41, 5.74) is 0. The van der Waals surface area contributed by atoms with E-state index in [1.54, 1.807) is 19.9 Å². The van der Waals surface area contributed by atoms with E-state index in [0.29, 0.717) is 6.54 Å². The fraction of sp³-hybridized carbons (Fsp3) is 0.600. The second kappa shape index (κ2) is 7.24. The summed E-state index contributed by atoms with van der Waals surface area (Å²) in [6.07, 6.45) is 0. The van der Waals surface area contributed by atoms with Crippen molar-refractivity contribution in [3.05, 3.63) is 0 Å². The van der Waals surface area contributed by atoms with E-state index in [-0.39, 0.29) is 19.0 Å². The minimum atomic E-state index is -0.812. The molecule has 1 atom stereocenters. The van der Waals surface area contributed by atoms with Crippen molar-refractivity contribution in [2.45, 2.75) is 13.8 Å². The van der Waals surface area contributed by atoms with Gasteiger partial charge in [-0.05, 0) is 13.8 Å². The molecule has 16 heavy (non-hydrogen) atoms. The molecule has 0 saturated carbocycles. The van der Waals surface area contributed by atoms with Crippen LogP contribution in [0.25, 0.3) is 0 Å². The van der Waals surface area contributed by atoms with Crippen LogP contribution in [-0.4, -0.2) is 36.3 Å². The first-order chi connectivity index (χ1) is 7.56. The summed E-state index contributed by atoms with van der Waals surface area (Å²) < 4.78 is 0. The van der Waals surface area contributed by atoms with Crippen LogP contribution in [0.15, 0.2) is 0 Å². The van der Waals surface area contributed by atoms with Crippen LogP contribution < -0.4 is 5.32 Å². The van der Waals surface area contributed by atoms with E-state index in [0.717, 1.165) is 0 Å². The number of likely N-dealkylation sites (N-methyl/N-ethyl adjacent to an activating group) is 1. The molecule has 0 bridgehead atoms. The van der Waals surface area contributed by atoms with Crippen LogP contribution in [0.4, 0.5) is 0 Å². The molecule has 0 aromatic rings. The molecule has 6 nitrogen and oxygen atoms in total. The second-order valence-corrected chi connectivity index (χ2v) is 3.21. The van der Waals surface area contributed by atoms with E-state index in [2.05, 4.69) is 5.32 Å². The molecule has 0 fully saturated rings. The Balaban J connectivity index is 4.37. The zero-order valence-electron chi connectivity index (χ0n) is 9.36. The summed E-state index contributed by atoms with van der Waals surface area (Å²) in [5, 5.41) is 19.0. The number of nitrogens with zero attached hydrogens (tertiary/aromatic N) is 3. The molecule has 1 unspecified atom stereocenters. The molecule has 0 radical (unpaired) electrons. The Morgan fingerprint density at radius 2 is 2.06 bits per heavy atom. The van der Waals surface area contributed by atoms with Crippen molar-refractivity contribution in [3.8, 4) is 12.1 Å². The lowest BCUT2D eigenvalue weighted by molar-refractivity contribution is -0.145. The Hall–Kier alpha value is -2.08. The van der Waals surface area contributed by atoms with Crippen LogP contribution >= 0.6 is 0 Å². The third-order valence-electron chi connectivity index (χ3n) is 1.91. The molecular weight excluding hydrogens is 208 g/mol. The van der Waals surface area contributed by atoms with E-state index in [4.69, 9.17) is 10.5 Å². The molecule has 2 amide bonds. The van der Waals surface area contributed by atoms with Crippen molar-refractivity contribution in [2.24, 2.45) is 5.92 Å². The van der Waals surface area contributed by atoms with Crippen LogP contribution in [0.3, 0.4) is 0 Å². The summed E-state index contributed by atoms with van der Waals surface area (Å²) in [7, 11) is 0. The van der Waals surface area contributed by atoms with E-state index in [1.807, 2.05) is 6.07 Å². The Labute approximate surface area is 94.4 Å². The molecule has 86 valence electrons. The Bertz CT molecular complexity index is 340. The maximum Gasteiger partial charge on any atom is 0.311 e. The third kappa shape index (κ3) is 4.43. The van der Waals surface area contributed by atoms with E-state index in [1.165, 1.54) is 4.90 Å². The molecule has 0 aromatic carbocycles. The number of nitrogens with one attached hydrogen (secondary N) is 1. The van der Waals surface area contributed by atoms with E-state index < -0.39 is 11.8 Å². The summed E-state index contributed by atoms with van der Waals surface area (Å²) in [6, 6.07) is 3.70. The molecule has 0 aliphatic carbocycles. The largest absolute Gasteiger partial charge is 0.335 e. The SMILES string of the molecule is CCN(CC(C)C#N)C(=O)C(=O)NCC#N. The zero-order valence-corrected chi connectivity index (χ0v) is 9.36. The number of hydrogen-bond acceptors (Lipinski definition) is 4. The van der Waals surface area contributed by atoms with E-state index >= 15 is 0 Å². The fourth-order valence-corrected chi connectivity index (χ4v) is 1.07. The molecule has 0 heterocycles. The van der Waals surface area contributed by atoms with Gasteiger partial charge in [-0.15, -0.1) is 0 Å². The van der Waals surface area contributed by atoms with Crippen LogP contribution in [-0.2, 0) is 9.59 Å². The first kappa shape index (κ1) is 13.9. The van der Waals surface area contributed by atoms with Crippen LogP contribution in [0.5, 0.6) is 0 Å². The lowest BCUT2D eigenvalue weighted by atomic mass is 10.2. The highest BCUT2D eigenvalue weighted by Crippen LogP contribution is 1.99. The topological polar surface area (TPSA) is 97.0 Å². The van der Waals surface area contributed by atoms with Crippen molar-refractivity contribution < 1.29 is 9.59 Å². The van der Waals surface area contributed by atoms with Gasteiger partial charge in [0, 0.05) is 13.1 Å². The number of rotatable bonds is 4. The van der Waals surface area contributed by atoms with Gasteiger partial charge in [0.2, 0.25) is 0 Å². The molecule has 0 aromatic heterocycles. The minimum Gasteiger partial charge on any atom is -0.335 e. The fourth-order valence-electron chi connectivity index (χ4n) is 1.07. The standard InChI is InChI=1S/C10H14N4O2/c1-3-14(7-8(2)6-12)10(16)9(15)13-5-4-11/h8H,3,5,7H2,1-2H3,(H,13,15). The average molecular weight is 222 g/mol. The Morgan fingerprint density at radius 1 is 1.44 bits per heavy atom. The van der Waals surface area contributed by atoms with Crippen molar-refractivity contribution in [1.29, 1.82) is 10.5 Å².